The highest BCUT2D eigenvalue weighted by atomic mass is 19.4. The van der Waals surface area contributed by atoms with Crippen LogP contribution in [-0.2, 0) is 20.6 Å². The number of methoxy groups -OCH3 is 1. The van der Waals surface area contributed by atoms with Crippen LogP contribution in [0.4, 0.5) is 13.2 Å². The molecule has 0 aromatic heterocycles. The number of nitrogens with zero attached hydrogens (tertiary/aromatic N) is 1. The molecule has 0 heterocycles. The second kappa shape index (κ2) is 17.2. The second-order valence-corrected chi connectivity index (χ2v) is 16.7. The molecule has 1 aromatic carbocycles. The first kappa shape index (κ1) is 39.4. The Morgan fingerprint density at radius 2 is 1.62 bits per heavy atom. The van der Waals surface area contributed by atoms with Crippen LogP contribution in [0.15, 0.2) is 18.2 Å². The van der Waals surface area contributed by atoms with E-state index in [-0.39, 0.29) is 18.1 Å². The molecule has 0 spiro atoms. The normalized spacial score (nSPS) is 26.0. The van der Waals surface area contributed by atoms with E-state index in [0.29, 0.717) is 42.8 Å². The lowest BCUT2D eigenvalue weighted by Gasteiger charge is -2.50. The summed E-state index contributed by atoms with van der Waals surface area (Å²) in [4.78, 5) is 2.41. The summed E-state index contributed by atoms with van der Waals surface area (Å²) < 4.78 is 62.2. The van der Waals surface area contributed by atoms with Crippen molar-refractivity contribution in [3.05, 3.63) is 29.3 Å². The van der Waals surface area contributed by atoms with Crippen molar-refractivity contribution in [2.24, 2.45) is 22.7 Å². The molecular weight excluding hydrogens is 615 g/mol. The molecule has 276 valence electrons. The van der Waals surface area contributed by atoms with Crippen LogP contribution in [0.2, 0.25) is 0 Å². The smallest absolute Gasteiger partial charge is 0.416 e. The maximum absolute atomic E-state index is 13.1. The molecule has 3 aliphatic carbocycles. The van der Waals surface area contributed by atoms with Gasteiger partial charge < -0.3 is 23.8 Å². The highest BCUT2D eigenvalue weighted by Gasteiger charge is 2.55. The molecule has 0 N–H and O–H groups in total. The first-order valence-electron chi connectivity index (χ1n) is 18.9. The maximum atomic E-state index is 13.1. The van der Waals surface area contributed by atoms with Gasteiger partial charge >= 0.3 is 6.18 Å². The lowest BCUT2D eigenvalue weighted by atomic mass is 9.55. The van der Waals surface area contributed by atoms with Gasteiger partial charge in [-0.15, -0.1) is 0 Å². The molecule has 5 atom stereocenters. The highest BCUT2D eigenvalue weighted by molar-refractivity contribution is 5.40. The van der Waals surface area contributed by atoms with Crippen molar-refractivity contribution in [3.63, 3.8) is 0 Å². The lowest BCUT2D eigenvalue weighted by Crippen LogP contribution is -2.45. The van der Waals surface area contributed by atoms with Gasteiger partial charge in [-0.2, -0.15) is 13.2 Å². The number of ether oxygens (including phenoxy) is 4. The average Bonchev–Trinajstić information content (AvgIpc) is 3.37. The molecule has 4 rings (SSSR count). The van der Waals surface area contributed by atoms with Gasteiger partial charge in [0.1, 0.15) is 12.4 Å². The molecule has 8 heteroatoms. The van der Waals surface area contributed by atoms with Gasteiger partial charge in [-0.05, 0) is 143 Å². The summed E-state index contributed by atoms with van der Waals surface area (Å²) in [6, 6.07) is 6.84. The minimum absolute atomic E-state index is 0.0538. The van der Waals surface area contributed by atoms with Gasteiger partial charge in [-0.3, -0.25) is 0 Å². The van der Waals surface area contributed by atoms with Crippen LogP contribution in [0.3, 0.4) is 0 Å². The van der Waals surface area contributed by atoms with Crippen molar-refractivity contribution in [3.8, 4) is 5.75 Å². The third-order valence-corrected chi connectivity index (χ3v) is 12.2. The van der Waals surface area contributed by atoms with Gasteiger partial charge in [0.05, 0.1) is 6.10 Å². The predicted molar refractivity (Wildman–Crippen MR) is 188 cm³/mol. The summed E-state index contributed by atoms with van der Waals surface area (Å²) in [7, 11) is 3.99. The molecule has 0 amide bonds. The number of aryl methyl sites for hydroxylation is 1. The zero-order chi connectivity index (χ0) is 35.0. The average molecular weight is 682 g/mol. The van der Waals surface area contributed by atoms with E-state index in [1.807, 2.05) is 0 Å². The van der Waals surface area contributed by atoms with E-state index in [2.05, 4.69) is 50.9 Å². The zero-order valence-corrected chi connectivity index (χ0v) is 31.2. The highest BCUT2D eigenvalue weighted by Crippen LogP contribution is 2.61. The molecule has 0 saturated heterocycles. The third kappa shape index (κ3) is 10.4. The molecule has 0 aliphatic heterocycles. The number of unbranched alkanes of at least 4 members (excludes halogenated alkanes) is 3. The van der Waals surface area contributed by atoms with Crippen molar-refractivity contribution in [2.75, 3.05) is 53.7 Å². The Labute approximate surface area is 290 Å². The molecule has 5 nitrogen and oxygen atoms in total. The fourth-order valence-electron chi connectivity index (χ4n) is 8.82. The fraction of sp³-hybridized carbons (Fsp3) is 0.850. The van der Waals surface area contributed by atoms with Crippen LogP contribution >= 0.6 is 0 Å². The quantitative estimate of drug-likeness (QED) is 0.128. The molecule has 2 saturated carbocycles. The van der Waals surface area contributed by atoms with E-state index in [1.54, 1.807) is 7.11 Å². The molecule has 1 aromatic rings. The number of likely N-dealkylation sites (N-methyl/N-ethyl adjacent to an activating group) is 1. The summed E-state index contributed by atoms with van der Waals surface area (Å²) in [6.07, 6.45) is 10.6. The van der Waals surface area contributed by atoms with Crippen LogP contribution < -0.4 is 4.74 Å². The van der Waals surface area contributed by atoms with Crippen molar-refractivity contribution >= 4 is 0 Å². The van der Waals surface area contributed by atoms with E-state index in [9.17, 15) is 13.2 Å². The summed E-state index contributed by atoms with van der Waals surface area (Å²) in [6.45, 7) is 13.5. The number of halogens is 3. The van der Waals surface area contributed by atoms with E-state index in [0.717, 1.165) is 58.6 Å². The third-order valence-electron chi connectivity index (χ3n) is 12.2. The number of fused-ring (bicyclic) bond motifs is 5. The molecule has 3 aliphatic rings. The standard InChI is InChI=1S/C40H66F3NO4/c1-37(2,20-10-8-9-11-25-45-7)22-23-44(6)24-28-46-31-14-16-32-30(29-31)13-15-34-33(32)19-21-39(5)35(34)17-18-36(39)47-26-12-27-48-38(3,4)40(41,42)43/h14,16,29,33-36H,8-13,15,17-28H2,1-7H3. The molecular formula is C40H66F3NO4. The van der Waals surface area contributed by atoms with Crippen molar-refractivity contribution in [2.45, 2.75) is 142 Å². The van der Waals surface area contributed by atoms with Gasteiger partial charge in [0.25, 0.3) is 0 Å². The summed E-state index contributed by atoms with van der Waals surface area (Å²) >= 11 is 0. The van der Waals surface area contributed by atoms with Crippen molar-refractivity contribution in [1.29, 1.82) is 0 Å². The number of rotatable bonds is 20. The van der Waals surface area contributed by atoms with Gasteiger partial charge in [-0.1, -0.05) is 46.1 Å². The summed E-state index contributed by atoms with van der Waals surface area (Å²) in [5, 5.41) is 0. The largest absolute Gasteiger partial charge is 0.492 e. The Hall–Kier alpha value is -1.35. The van der Waals surface area contributed by atoms with Gasteiger partial charge in [0.15, 0.2) is 5.60 Å². The van der Waals surface area contributed by atoms with E-state index < -0.39 is 11.8 Å². The SMILES string of the molecule is COCCCCCCC(C)(C)CCN(C)CCOc1ccc2c(c1)CCC1C2CCC2(C)C(OCCCOC(C)(C)C(F)(F)F)CCC12. The van der Waals surface area contributed by atoms with Gasteiger partial charge in [0.2, 0.25) is 0 Å². The maximum Gasteiger partial charge on any atom is 0.416 e. The summed E-state index contributed by atoms with van der Waals surface area (Å²) in [5.74, 6) is 2.89. The molecule has 5 unspecified atom stereocenters. The number of benzene rings is 1. The minimum Gasteiger partial charge on any atom is -0.492 e. The Balaban J connectivity index is 1.18. The predicted octanol–water partition coefficient (Wildman–Crippen LogP) is 10.00. The Bertz CT molecular complexity index is 1120. The molecule has 2 fully saturated rings. The molecule has 0 radical (unpaired) electrons. The van der Waals surface area contributed by atoms with Crippen LogP contribution in [0.1, 0.15) is 129 Å². The first-order chi connectivity index (χ1) is 22.7. The van der Waals surface area contributed by atoms with Crippen molar-refractivity contribution < 1.29 is 32.1 Å². The number of alkyl halides is 3. The van der Waals surface area contributed by atoms with Gasteiger partial charge in [0, 0.05) is 33.5 Å². The number of hydrogen-bond donors (Lipinski definition) is 0. The molecule has 48 heavy (non-hydrogen) atoms. The van der Waals surface area contributed by atoms with E-state index >= 15 is 0 Å². The fourth-order valence-corrected chi connectivity index (χ4v) is 8.82. The molecule has 0 bridgehead atoms. The van der Waals surface area contributed by atoms with Crippen LogP contribution in [-0.4, -0.2) is 76.5 Å². The minimum atomic E-state index is -4.37. The Morgan fingerprint density at radius 1 is 0.854 bits per heavy atom. The Kier molecular flexibility index (Phi) is 14.2. The number of hydrogen-bond acceptors (Lipinski definition) is 5. The van der Waals surface area contributed by atoms with E-state index in [4.69, 9.17) is 18.9 Å². The van der Waals surface area contributed by atoms with Gasteiger partial charge in [-0.25, -0.2) is 0 Å². The van der Waals surface area contributed by atoms with E-state index in [1.165, 1.54) is 68.9 Å². The zero-order valence-electron chi connectivity index (χ0n) is 31.2. The monoisotopic (exact) mass is 681 g/mol. The topological polar surface area (TPSA) is 40.2 Å². The van der Waals surface area contributed by atoms with Crippen LogP contribution in [0.25, 0.3) is 0 Å². The van der Waals surface area contributed by atoms with Crippen LogP contribution in [0.5, 0.6) is 5.75 Å². The van der Waals surface area contributed by atoms with Crippen LogP contribution in [0, 0.1) is 22.7 Å². The lowest BCUT2D eigenvalue weighted by molar-refractivity contribution is -0.264. The summed E-state index contributed by atoms with van der Waals surface area (Å²) in [5.41, 5.74) is 1.36. The van der Waals surface area contributed by atoms with Crippen molar-refractivity contribution in [1.82, 2.24) is 4.90 Å². The first-order valence-corrected chi connectivity index (χ1v) is 18.9. The Morgan fingerprint density at radius 3 is 2.38 bits per heavy atom. The second-order valence-electron chi connectivity index (χ2n) is 16.7.